The van der Waals surface area contributed by atoms with Crippen molar-refractivity contribution in [2.45, 2.75) is 20.3 Å². The molecule has 2 heterocycles. The first-order valence-corrected chi connectivity index (χ1v) is 6.64. The first kappa shape index (κ1) is 12.5. The minimum absolute atomic E-state index is 0.0476. The van der Waals surface area contributed by atoms with Crippen molar-refractivity contribution < 1.29 is 4.79 Å². The van der Waals surface area contributed by atoms with E-state index in [1.807, 2.05) is 43.5 Å². The third-order valence-electron chi connectivity index (χ3n) is 3.38. The summed E-state index contributed by atoms with van der Waals surface area (Å²) in [6.07, 6.45) is 4.31. The van der Waals surface area contributed by atoms with Crippen molar-refractivity contribution in [1.29, 1.82) is 0 Å². The van der Waals surface area contributed by atoms with E-state index < -0.39 is 0 Å². The predicted molar refractivity (Wildman–Crippen MR) is 78.2 cm³/mol. The van der Waals surface area contributed by atoms with Crippen LogP contribution in [0.1, 0.15) is 29.9 Å². The molecule has 0 amide bonds. The number of carbonyl (C=O) groups excluding carboxylic acids is 1. The average molecular weight is 265 g/mol. The lowest BCUT2D eigenvalue weighted by Crippen LogP contribution is -1.97. The molecule has 0 unspecified atom stereocenters. The summed E-state index contributed by atoms with van der Waals surface area (Å²) >= 11 is 0. The quantitative estimate of drug-likeness (QED) is 0.683. The fourth-order valence-corrected chi connectivity index (χ4v) is 2.37. The van der Waals surface area contributed by atoms with Crippen LogP contribution in [0.4, 0.5) is 0 Å². The number of aromatic nitrogens is 3. The van der Waals surface area contributed by atoms with Crippen LogP contribution in [0.25, 0.3) is 16.6 Å². The molecule has 0 N–H and O–H groups in total. The van der Waals surface area contributed by atoms with Crippen LogP contribution in [0.3, 0.4) is 0 Å². The van der Waals surface area contributed by atoms with Gasteiger partial charge in [-0.2, -0.15) is 5.10 Å². The van der Waals surface area contributed by atoms with Crippen LogP contribution in [-0.4, -0.2) is 20.5 Å². The summed E-state index contributed by atoms with van der Waals surface area (Å²) in [6, 6.07) is 9.83. The Balaban J connectivity index is 2.23. The third kappa shape index (κ3) is 1.99. The smallest absolute Gasteiger partial charge is 0.163 e. The molecule has 0 aliphatic rings. The van der Waals surface area contributed by atoms with Gasteiger partial charge in [-0.05, 0) is 25.5 Å². The van der Waals surface area contributed by atoms with Crippen molar-refractivity contribution in [3.05, 3.63) is 54.0 Å². The molecule has 0 bridgehead atoms. The van der Waals surface area contributed by atoms with Gasteiger partial charge in [0.15, 0.2) is 5.78 Å². The van der Waals surface area contributed by atoms with E-state index >= 15 is 0 Å². The molecule has 4 heteroatoms. The summed E-state index contributed by atoms with van der Waals surface area (Å²) < 4.78 is 1.78. The van der Waals surface area contributed by atoms with Crippen LogP contribution in [-0.2, 0) is 6.42 Å². The van der Waals surface area contributed by atoms with Crippen LogP contribution in [0, 0.1) is 0 Å². The molecule has 0 saturated heterocycles. The lowest BCUT2D eigenvalue weighted by molar-refractivity contribution is 0.101. The molecule has 20 heavy (non-hydrogen) atoms. The Bertz CT molecular complexity index is 784. The summed E-state index contributed by atoms with van der Waals surface area (Å²) in [7, 11) is 0. The largest absolute Gasteiger partial charge is 0.294 e. The number of carbonyl (C=O) groups is 1. The van der Waals surface area contributed by atoms with E-state index in [0.29, 0.717) is 5.56 Å². The van der Waals surface area contributed by atoms with E-state index in [1.165, 1.54) is 0 Å². The zero-order valence-electron chi connectivity index (χ0n) is 11.5. The van der Waals surface area contributed by atoms with Gasteiger partial charge in [0.1, 0.15) is 0 Å². The van der Waals surface area contributed by atoms with Gasteiger partial charge in [-0.25, -0.2) is 4.68 Å². The molecule has 3 rings (SSSR count). The van der Waals surface area contributed by atoms with Crippen LogP contribution in [0.5, 0.6) is 0 Å². The van der Waals surface area contributed by atoms with Gasteiger partial charge in [0.05, 0.1) is 22.5 Å². The number of nitrogens with zero attached hydrogens (tertiary/aromatic N) is 3. The highest BCUT2D eigenvalue weighted by Crippen LogP contribution is 2.21. The molecular weight excluding hydrogens is 250 g/mol. The second-order valence-corrected chi connectivity index (χ2v) is 4.69. The SMILES string of the molecule is CCc1nn(-c2ccnc3ccccc23)cc1C(C)=O. The predicted octanol–water partition coefficient (Wildman–Crippen LogP) is 3.19. The average Bonchev–Trinajstić information content (AvgIpc) is 2.91. The topological polar surface area (TPSA) is 47.8 Å². The Kier molecular flexibility index (Phi) is 3.06. The maximum absolute atomic E-state index is 11.7. The number of ketones is 1. The molecule has 2 aromatic heterocycles. The fourth-order valence-electron chi connectivity index (χ4n) is 2.37. The highest BCUT2D eigenvalue weighted by Gasteiger charge is 2.13. The maximum atomic E-state index is 11.7. The van der Waals surface area contributed by atoms with Crippen LogP contribution < -0.4 is 0 Å². The second-order valence-electron chi connectivity index (χ2n) is 4.69. The lowest BCUT2D eigenvalue weighted by Gasteiger charge is -2.05. The summed E-state index contributed by atoms with van der Waals surface area (Å²) in [5.41, 5.74) is 3.38. The number of Topliss-reactive ketones (excluding diaryl/α,β-unsaturated/α-hetero) is 1. The van der Waals surface area contributed by atoms with E-state index in [1.54, 1.807) is 17.8 Å². The summed E-state index contributed by atoms with van der Waals surface area (Å²) in [5, 5.41) is 5.56. The van der Waals surface area contributed by atoms with E-state index in [-0.39, 0.29) is 5.78 Å². The van der Waals surface area contributed by atoms with Gasteiger partial charge in [0.25, 0.3) is 0 Å². The maximum Gasteiger partial charge on any atom is 0.163 e. The summed E-state index contributed by atoms with van der Waals surface area (Å²) in [5.74, 6) is 0.0476. The highest BCUT2D eigenvalue weighted by molar-refractivity contribution is 5.95. The molecule has 4 nitrogen and oxygen atoms in total. The van der Waals surface area contributed by atoms with E-state index in [9.17, 15) is 4.79 Å². The number of hydrogen-bond acceptors (Lipinski definition) is 3. The molecule has 100 valence electrons. The summed E-state index contributed by atoms with van der Waals surface area (Å²) in [6.45, 7) is 3.58. The van der Waals surface area contributed by atoms with Gasteiger partial charge in [-0.1, -0.05) is 25.1 Å². The van der Waals surface area contributed by atoms with Crippen molar-refractivity contribution in [3.63, 3.8) is 0 Å². The first-order chi connectivity index (χ1) is 9.70. The van der Waals surface area contributed by atoms with Crippen LogP contribution in [0.2, 0.25) is 0 Å². The number of pyridine rings is 1. The van der Waals surface area contributed by atoms with Crippen molar-refractivity contribution in [1.82, 2.24) is 14.8 Å². The molecule has 0 aliphatic carbocycles. The number of para-hydroxylation sites is 1. The molecule has 0 fully saturated rings. The van der Waals surface area contributed by atoms with Gasteiger partial charge in [0.2, 0.25) is 0 Å². The summed E-state index contributed by atoms with van der Waals surface area (Å²) in [4.78, 5) is 16.0. The number of hydrogen-bond donors (Lipinski definition) is 0. The molecule has 0 aliphatic heterocycles. The molecule has 0 spiro atoms. The zero-order chi connectivity index (χ0) is 14.1. The fraction of sp³-hybridized carbons (Fsp3) is 0.188. The minimum atomic E-state index is 0.0476. The van der Waals surface area contributed by atoms with Gasteiger partial charge in [-0.3, -0.25) is 9.78 Å². The second kappa shape index (κ2) is 4.89. The van der Waals surface area contributed by atoms with Gasteiger partial charge in [0, 0.05) is 17.8 Å². The Hall–Kier alpha value is -2.49. The van der Waals surface area contributed by atoms with Crippen LogP contribution >= 0.6 is 0 Å². The number of rotatable bonds is 3. The van der Waals surface area contributed by atoms with Gasteiger partial charge >= 0.3 is 0 Å². The normalized spacial score (nSPS) is 10.9. The van der Waals surface area contributed by atoms with E-state index in [4.69, 9.17) is 0 Å². The number of fused-ring (bicyclic) bond motifs is 1. The van der Waals surface area contributed by atoms with Gasteiger partial charge in [-0.15, -0.1) is 0 Å². The van der Waals surface area contributed by atoms with Crippen molar-refractivity contribution in [2.75, 3.05) is 0 Å². The molecule has 1 aromatic carbocycles. The molecule has 0 radical (unpaired) electrons. The molecule has 0 saturated carbocycles. The third-order valence-corrected chi connectivity index (χ3v) is 3.38. The molecular formula is C16H15N3O. The van der Waals surface area contributed by atoms with E-state index in [0.717, 1.165) is 28.7 Å². The Labute approximate surface area is 117 Å². The lowest BCUT2D eigenvalue weighted by atomic mass is 10.1. The Morgan fingerprint density at radius 1 is 1.25 bits per heavy atom. The number of benzene rings is 1. The van der Waals surface area contributed by atoms with Crippen molar-refractivity contribution in [3.8, 4) is 5.69 Å². The highest BCUT2D eigenvalue weighted by atomic mass is 16.1. The molecule has 3 aromatic rings. The Morgan fingerprint density at radius 3 is 2.75 bits per heavy atom. The monoisotopic (exact) mass is 265 g/mol. The minimum Gasteiger partial charge on any atom is -0.294 e. The number of aryl methyl sites for hydroxylation is 1. The molecule has 0 atom stereocenters. The standard InChI is InChI=1S/C16H15N3O/c1-3-14-13(11(2)20)10-19(18-14)16-8-9-17-15-7-5-4-6-12(15)16/h4-10H,3H2,1-2H3. The van der Waals surface area contributed by atoms with Crippen LogP contribution in [0.15, 0.2) is 42.7 Å². The van der Waals surface area contributed by atoms with Crippen molar-refractivity contribution >= 4 is 16.7 Å². The van der Waals surface area contributed by atoms with Crippen molar-refractivity contribution in [2.24, 2.45) is 0 Å². The first-order valence-electron chi connectivity index (χ1n) is 6.64. The Morgan fingerprint density at radius 2 is 2.05 bits per heavy atom. The zero-order valence-corrected chi connectivity index (χ0v) is 11.5. The van der Waals surface area contributed by atoms with Gasteiger partial charge < -0.3 is 0 Å². The van der Waals surface area contributed by atoms with E-state index in [2.05, 4.69) is 10.1 Å².